The van der Waals surface area contributed by atoms with E-state index < -0.39 is 75.5 Å². The molecule has 0 unspecified atom stereocenters. The van der Waals surface area contributed by atoms with E-state index in [0.717, 1.165) is 0 Å². The van der Waals surface area contributed by atoms with Crippen LogP contribution in [0.25, 0.3) is 0 Å². The van der Waals surface area contributed by atoms with Crippen LogP contribution in [0, 0.1) is 0 Å². The molecule has 0 spiro atoms. The molecule has 2 aromatic carbocycles. The van der Waals surface area contributed by atoms with Gasteiger partial charge in [-0.05, 0) is 69.0 Å². The molecule has 65 heavy (non-hydrogen) atoms. The van der Waals surface area contributed by atoms with E-state index in [-0.39, 0.29) is 72.8 Å². The lowest BCUT2D eigenvalue weighted by molar-refractivity contribution is -0.437. The number of hydrogen-bond donors (Lipinski definition) is 3. The number of aliphatic hydroxyl groups excluding tert-OH is 1. The van der Waals surface area contributed by atoms with Crippen molar-refractivity contribution >= 4 is 81.9 Å². The van der Waals surface area contributed by atoms with Crippen LogP contribution in [-0.2, 0) is 57.1 Å². The molecule has 0 amide bonds. The second-order valence-corrected chi connectivity index (χ2v) is 20.0. The number of fused-ring (bicyclic) bond motifs is 2. The first-order chi connectivity index (χ1) is 29.9. The van der Waals surface area contributed by atoms with Crippen LogP contribution in [0.3, 0.4) is 0 Å². The number of nitrogens with zero attached hydrogens (tertiary/aromatic N) is 2. The van der Waals surface area contributed by atoms with Crippen LogP contribution >= 0.6 is 0 Å². The molecule has 0 saturated carbocycles. The summed E-state index contributed by atoms with van der Waals surface area (Å²) in [6.45, 7) is 11.0. The van der Waals surface area contributed by atoms with Crippen molar-refractivity contribution in [3.05, 3.63) is 92.9 Å². The number of rotatable bonds is 17. The normalized spacial score (nSPS) is 17.1. The molecule has 0 aromatic heterocycles. The summed E-state index contributed by atoms with van der Waals surface area (Å²) in [5, 5.41) is 21.3. The van der Waals surface area contributed by atoms with Gasteiger partial charge < -0.3 is 19.7 Å². The third kappa shape index (κ3) is 13.1. The standard InChI is InChI=1S/C41H48N2O12S2.2O3S/c1-7-11-32(44)25-19-26(33(45)12-8-2)36-31(21-25)43(16-10-18-57(53,54)55)35(41(36,5)6)23-28-37(46)27(38(28)47)22-34-40(3,4)29-20-24(39(48)49)13-14-30(29)42(34)15-9-17-56(50,51)52;2*1-4(2)3/h13-14,19-23H,7-12,15-18H2,1-6H3,(H3-,46,47,48,49,50,51,52,53,54,55);;. The molecule has 0 radical (unpaired) electrons. The second-order valence-electron chi connectivity index (χ2n) is 16.1. The molecule has 20 nitrogen and oxygen atoms in total. The molecule has 5 rings (SSSR count). The molecular formula is C41H48N2O18S4. The molecule has 0 bridgehead atoms. The highest BCUT2D eigenvalue weighted by molar-refractivity contribution is 7.85. The fourth-order valence-corrected chi connectivity index (χ4v) is 8.98. The maximum atomic E-state index is 14.0. The summed E-state index contributed by atoms with van der Waals surface area (Å²) in [6, 6.07) is 7.73. The minimum absolute atomic E-state index is 0.0115. The van der Waals surface area contributed by atoms with Gasteiger partial charge in [0.2, 0.25) is 11.5 Å². The Morgan fingerprint density at radius 3 is 1.89 bits per heavy atom. The molecule has 0 atom stereocenters. The van der Waals surface area contributed by atoms with Gasteiger partial charge in [-0.2, -0.15) is 13.0 Å². The van der Waals surface area contributed by atoms with E-state index in [9.17, 15) is 55.3 Å². The van der Waals surface area contributed by atoms with Crippen molar-refractivity contribution in [1.82, 2.24) is 0 Å². The number of carbonyl (C=O) groups excluding carboxylic acids is 3. The van der Waals surface area contributed by atoms with Gasteiger partial charge in [0.05, 0.1) is 38.0 Å². The van der Waals surface area contributed by atoms with Crippen LogP contribution in [0.2, 0.25) is 0 Å². The van der Waals surface area contributed by atoms with Crippen LogP contribution in [0.1, 0.15) is 122 Å². The van der Waals surface area contributed by atoms with Crippen LogP contribution in [0.15, 0.2) is 65.1 Å². The van der Waals surface area contributed by atoms with Crippen LogP contribution in [0.4, 0.5) is 11.4 Å². The van der Waals surface area contributed by atoms with Gasteiger partial charge in [-0.15, -0.1) is 25.3 Å². The van der Waals surface area contributed by atoms with Crippen molar-refractivity contribution in [2.24, 2.45) is 0 Å². The summed E-state index contributed by atoms with van der Waals surface area (Å²) < 4.78 is 120. The summed E-state index contributed by atoms with van der Waals surface area (Å²) in [5.74, 6) is -3.70. The summed E-state index contributed by atoms with van der Waals surface area (Å²) >= 11 is 0. The molecule has 3 aliphatic rings. The summed E-state index contributed by atoms with van der Waals surface area (Å²) in [4.78, 5) is 54.5. The van der Waals surface area contributed by atoms with E-state index in [1.165, 1.54) is 24.3 Å². The first-order valence-electron chi connectivity index (χ1n) is 19.8. The van der Waals surface area contributed by atoms with Crippen LogP contribution in [0.5, 0.6) is 0 Å². The van der Waals surface area contributed by atoms with Crippen molar-refractivity contribution < 1.29 is 85.2 Å². The molecule has 3 N–H and O–H groups in total. The lowest BCUT2D eigenvalue weighted by Crippen LogP contribution is -2.32. The Bertz CT molecular complexity index is 2870. The average molecular weight is 985 g/mol. The third-order valence-corrected chi connectivity index (χ3v) is 12.4. The second kappa shape index (κ2) is 21.2. The Hall–Kier alpha value is -5.53. The topological polar surface area (TPSA) is 329 Å². The van der Waals surface area contributed by atoms with E-state index in [4.69, 9.17) is 25.3 Å². The maximum absolute atomic E-state index is 14.0. The molecule has 2 aromatic rings. The molecule has 1 aliphatic carbocycles. The Kier molecular flexibility index (Phi) is 17.5. The predicted octanol–water partition coefficient (Wildman–Crippen LogP) is 3.93. The van der Waals surface area contributed by atoms with Crippen molar-refractivity contribution in [2.45, 2.75) is 90.9 Å². The van der Waals surface area contributed by atoms with E-state index in [1.54, 1.807) is 41.5 Å². The number of benzene rings is 2. The van der Waals surface area contributed by atoms with Crippen molar-refractivity contribution in [3.63, 3.8) is 0 Å². The van der Waals surface area contributed by atoms with Crippen molar-refractivity contribution in [2.75, 3.05) is 29.5 Å². The number of anilines is 1. The zero-order chi connectivity index (χ0) is 49.6. The van der Waals surface area contributed by atoms with E-state index in [2.05, 4.69) is 0 Å². The van der Waals surface area contributed by atoms with E-state index in [0.29, 0.717) is 57.9 Å². The van der Waals surface area contributed by atoms with Gasteiger partial charge in [-0.25, -0.2) is 13.2 Å². The predicted molar refractivity (Wildman–Crippen MR) is 232 cm³/mol. The molecule has 2 heterocycles. The van der Waals surface area contributed by atoms with Gasteiger partial charge in [-0.1, -0.05) is 27.7 Å². The van der Waals surface area contributed by atoms with Gasteiger partial charge in [0.25, 0.3) is 10.1 Å². The SMILES string of the molecule is CCCC(=O)c1cc(C(=O)CCC)c2c(c1)N(CCCS(=O)(=O)[O-])C(=CC1=C(O)C(=CC3=[N+](CCCS(=O)(=O)O)c4ccc(C(=O)O)cc4C3(C)C)C1=O)C2(C)C.O=S(=O)=O.O=S(=O)=O. The highest BCUT2D eigenvalue weighted by Crippen LogP contribution is 2.52. The first kappa shape index (κ1) is 53.8. The fourth-order valence-electron chi connectivity index (χ4n) is 8.00. The van der Waals surface area contributed by atoms with E-state index in [1.807, 2.05) is 27.7 Å². The third-order valence-electron chi connectivity index (χ3n) is 10.8. The molecule has 354 valence electrons. The number of carboxylic acid groups (broad SMARTS) is 1. The van der Waals surface area contributed by atoms with Gasteiger partial charge in [-0.3, -0.25) is 18.9 Å². The Morgan fingerprint density at radius 1 is 0.815 bits per heavy atom. The maximum Gasteiger partial charge on any atom is 0.425 e. The highest BCUT2D eigenvalue weighted by Gasteiger charge is 2.48. The molecule has 0 fully saturated rings. The molecule has 0 saturated heterocycles. The number of aromatic carboxylic acids is 1. The first-order valence-corrected chi connectivity index (χ1v) is 25.0. The Morgan fingerprint density at radius 2 is 1.38 bits per heavy atom. The lowest BCUT2D eigenvalue weighted by atomic mass is 9.76. The summed E-state index contributed by atoms with van der Waals surface area (Å²) in [6.07, 6.45) is 4.36. The van der Waals surface area contributed by atoms with Crippen molar-refractivity contribution in [3.8, 4) is 0 Å². The van der Waals surface area contributed by atoms with Crippen LogP contribution < -0.4 is 4.90 Å². The lowest BCUT2D eigenvalue weighted by Gasteiger charge is -2.29. The zero-order valence-electron chi connectivity index (χ0n) is 36.1. The number of ketones is 3. The van der Waals surface area contributed by atoms with Crippen LogP contribution in [-0.4, -0.2) is 120 Å². The highest BCUT2D eigenvalue weighted by atomic mass is 32.2. The summed E-state index contributed by atoms with van der Waals surface area (Å²) in [5.41, 5.74) is 1.62. The number of carboxylic acids is 1. The molecular weight excluding hydrogens is 937 g/mol. The Balaban J connectivity index is 0.00000129. The van der Waals surface area contributed by atoms with E-state index >= 15 is 0 Å². The monoisotopic (exact) mass is 984 g/mol. The van der Waals surface area contributed by atoms with Gasteiger partial charge in [0.1, 0.15) is 12.3 Å². The van der Waals surface area contributed by atoms with Gasteiger partial charge >= 0.3 is 27.2 Å². The minimum atomic E-state index is -4.60. The fraction of sp³-hybridized carbons (Fsp3) is 0.439. The quantitative estimate of drug-likeness (QED) is 0.0874. The van der Waals surface area contributed by atoms with Gasteiger partial charge in [0.15, 0.2) is 17.3 Å². The smallest absolute Gasteiger partial charge is 0.425 e. The largest absolute Gasteiger partial charge is 0.748 e. The summed E-state index contributed by atoms with van der Waals surface area (Å²) in [7, 11) is -15.1. The Labute approximate surface area is 378 Å². The zero-order valence-corrected chi connectivity index (χ0v) is 39.4. The van der Waals surface area contributed by atoms with Crippen molar-refractivity contribution in [1.29, 1.82) is 0 Å². The molecule has 24 heteroatoms. The number of allylic oxidation sites excluding steroid dienone is 5. The average Bonchev–Trinajstić information content (AvgIpc) is 3.51. The van der Waals surface area contributed by atoms with Gasteiger partial charge in [0, 0.05) is 77.2 Å². The number of hydrogen-bond acceptors (Lipinski definition) is 17. The number of Topliss-reactive ketones (excluding diaryl/α,β-unsaturated/α-hetero) is 3. The number of aliphatic hydroxyl groups is 1. The number of carbonyl (C=O) groups is 4. The molecule has 2 aliphatic heterocycles. The minimum Gasteiger partial charge on any atom is -0.748 e.